The Balaban J connectivity index is 1.76. The monoisotopic (exact) mass is 595 g/mol. The molecule has 2 N–H and O–H groups in total. The van der Waals surface area contributed by atoms with Crippen molar-refractivity contribution in [3.63, 3.8) is 0 Å². The molecule has 0 bridgehead atoms. The predicted molar refractivity (Wildman–Crippen MR) is 163 cm³/mol. The van der Waals surface area contributed by atoms with Crippen molar-refractivity contribution >= 4 is 64.3 Å². The lowest BCUT2D eigenvalue weighted by Gasteiger charge is -2.25. The number of allylic oxidation sites excluding steroid dienone is 1. The molecule has 4 nitrogen and oxygen atoms in total. The first kappa shape index (κ1) is 27.8. The summed E-state index contributed by atoms with van der Waals surface area (Å²) in [6.45, 7) is -3.14. The van der Waals surface area contributed by atoms with Crippen molar-refractivity contribution in [2.24, 2.45) is 0 Å². The summed E-state index contributed by atoms with van der Waals surface area (Å²) in [6.07, 6.45) is 3.36. The average molecular weight is 597 g/mol. The zero-order valence-corrected chi connectivity index (χ0v) is 23.8. The molecule has 0 saturated carbocycles. The summed E-state index contributed by atoms with van der Waals surface area (Å²) in [5.41, 5.74) is 4.00. The molecule has 0 heterocycles. The molecule has 9 heteroatoms. The van der Waals surface area contributed by atoms with Crippen molar-refractivity contribution in [3.05, 3.63) is 147 Å². The number of rotatable bonds is 9. The molecule has 0 aliphatic rings. The maximum Gasteiger partial charge on any atom is 0.298 e. The van der Waals surface area contributed by atoms with Crippen LogP contribution >= 0.6 is 41.4 Å². The highest BCUT2D eigenvalue weighted by atomic mass is 35.5. The molecule has 4 aromatic rings. The largest absolute Gasteiger partial charge is 0.432 e. The number of benzene rings is 4. The van der Waals surface area contributed by atoms with Crippen LogP contribution in [-0.2, 0) is 11.8 Å². The number of halogens is 3. The van der Waals surface area contributed by atoms with Crippen LogP contribution in [0.5, 0.6) is 5.75 Å². The summed E-state index contributed by atoms with van der Waals surface area (Å²) in [6, 6.07) is 34.3. The highest BCUT2D eigenvalue weighted by molar-refractivity contribution is 8.10. The number of hydrogen-bond acceptors (Lipinski definition) is 3. The molecule has 0 spiro atoms. The molecule has 0 fully saturated rings. The topological polar surface area (TPSA) is 57.1 Å². The van der Waals surface area contributed by atoms with Crippen molar-refractivity contribution in [3.8, 4) is 11.8 Å². The van der Waals surface area contributed by atoms with Gasteiger partial charge in [0.05, 0.1) is 20.6 Å². The Bertz CT molecular complexity index is 1520. The van der Waals surface area contributed by atoms with Gasteiger partial charge in [-0.25, -0.2) is 0 Å². The minimum atomic E-state index is -3.14. The fraction of sp³-hybridized carbons (Fsp3) is 0. The molecule has 1 unspecified atom stereocenters. The van der Waals surface area contributed by atoms with E-state index in [2.05, 4.69) is 16.2 Å². The quantitative estimate of drug-likeness (QED) is 0.115. The van der Waals surface area contributed by atoms with Gasteiger partial charge in [0.2, 0.25) is 0 Å². The first-order valence-electron chi connectivity index (χ1n) is 11.3. The normalized spacial score (nSPS) is 12.5. The molecule has 4 rings (SSSR count). The molecule has 190 valence electrons. The standard InChI is InChI=1S/C29H21Cl3N3OPS/c30-26-16-28(32)29(17-27(26)31)36-37(38,34-19-24(18-33)21-10-4-1-5-11-21)35-20-25(22-12-6-2-7-13-22)23-14-8-3-9-15-23/h1-17,19-20H,(H2,34,35,38)/b24-19+. The molecule has 0 radical (unpaired) electrons. The Kier molecular flexibility index (Phi) is 9.53. The smallest absolute Gasteiger partial charge is 0.298 e. The van der Waals surface area contributed by atoms with Crippen LogP contribution in [0, 0.1) is 11.3 Å². The number of nitriles is 1. The number of nitrogens with zero attached hydrogens (tertiary/aromatic N) is 1. The SMILES string of the molecule is N#C/C(=C\NP(=S)(NC=C(c1ccccc1)c1ccccc1)Oc1cc(Cl)c(Cl)cc1Cl)c1ccccc1. The summed E-state index contributed by atoms with van der Waals surface area (Å²) < 4.78 is 6.25. The molecule has 4 aromatic carbocycles. The summed E-state index contributed by atoms with van der Waals surface area (Å²) in [5.74, 6) is 0.255. The number of hydrogen-bond donors (Lipinski definition) is 2. The van der Waals surface area contributed by atoms with E-state index in [-0.39, 0.29) is 15.8 Å². The van der Waals surface area contributed by atoms with Crippen LogP contribution in [0.25, 0.3) is 11.1 Å². The van der Waals surface area contributed by atoms with Crippen LogP contribution in [0.4, 0.5) is 0 Å². The Labute approximate surface area is 242 Å². The molecule has 0 saturated heterocycles. The molecular formula is C29H21Cl3N3OPS. The Hall–Kier alpha value is -3.23. The van der Waals surface area contributed by atoms with Crippen LogP contribution in [-0.4, -0.2) is 0 Å². The van der Waals surface area contributed by atoms with Gasteiger partial charge in [-0.3, -0.25) is 0 Å². The lowest BCUT2D eigenvalue weighted by atomic mass is 9.99. The zero-order valence-electron chi connectivity index (χ0n) is 19.8. The van der Waals surface area contributed by atoms with Gasteiger partial charge < -0.3 is 14.7 Å². The van der Waals surface area contributed by atoms with Gasteiger partial charge in [-0.15, -0.1) is 0 Å². The van der Waals surface area contributed by atoms with Crippen molar-refractivity contribution in [1.29, 1.82) is 5.26 Å². The van der Waals surface area contributed by atoms with E-state index < -0.39 is 6.57 Å². The van der Waals surface area contributed by atoms with Crippen LogP contribution < -0.4 is 14.7 Å². The van der Waals surface area contributed by atoms with Crippen molar-refractivity contribution in [1.82, 2.24) is 10.2 Å². The third-order valence-corrected chi connectivity index (χ3v) is 8.60. The van der Waals surface area contributed by atoms with Gasteiger partial charge in [0, 0.05) is 24.0 Å². The van der Waals surface area contributed by atoms with E-state index in [4.69, 9.17) is 51.1 Å². The first-order valence-corrected chi connectivity index (χ1v) is 15.2. The second-order valence-electron chi connectivity index (χ2n) is 7.92. The van der Waals surface area contributed by atoms with Gasteiger partial charge in [0.1, 0.15) is 11.8 Å². The second-order valence-corrected chi connectivity index (χ2v) is 12.5. The molecule has 38 heavy (non-hydrogen) atoms. The van der Waals surface area contributed by atoms with Crippen molar-refractivity contribution < 1.29 is 4.52 Å². The summed E-state index contributed by atoms with van der Waals surface area (Å²) in [5, 5.41) is 17.0. The van der Waals surface area contributed by atoms with Crippen LogP contribution in [0.3, 0.4) is 0 Å². The average Bonchev–Trinajstić information content (AvgIpc) is 2.94. The molecular weight excluding hydrogens is 576 g/mol. The second kappa shape index (κ2) is 13.0. The lowest BCUT2D eigenvalue weighted by Crippen LogP contribution is -2.19. The van der Waals surface area contributed by atoms with Crippen LogP contribution in [0.2, 0.25) is 15.1 Å². The third-order valence-electron chi connectivity index (χ3n) is 5.33. The van der Waals surface area contributed by atoms with Crippen molar-refractivity contribution in [2.75, 3.05) is 0 Å². The summed E-state index contributed by atoms with van der Waals surface area (Å²) in [7, 11) is 0. The zero-order chi connectivity index (χ0) is 27.0. The molecule has 0 aliphatic heterocycles. The van der Waals surface area contributed by atoms with E-state index >= 15 is 0 Å². The summed E-state index contributed by atoms with van der Waals surface area (Å²) in [4.78, 5) is 0. The van der Waals surface area contributed by atoms with E-state index in [1.165, 1.54) is 12.1 Å². The van der Waals surface area contributed by atoms with Gasteiger partial charge in [0.15, 0.2) is 0 Å². The lowest BCUT2D eigenvalue weighted by molar-refractivity contribution is 0.597. The maximum absolute atomic E-state index is 9.79. The van der Waals surface area contributed by atoms with Crippen LogP contribution in [0.15, 0.2) is 116 Å². The van der Waals surface area contributed by atoms with Gasteiger partial charge in [-0.2, -0.15) is 5.26 Å². The Morgan fingerprint density at radius 2 is 1.18 bits per heavy atom. The fourth-order valence-electron chi connectivity index (χ4n) is 3.47. The molecule has 0 amide bonds. The minimum absolute atomic E-state index is 0.250. The Morgan fingerprint density at radius 1 is 0.711 bits per heavy atom. The van der Waals surface area contributed by atoms with E-state index in [9.17, 15) is 5.26 Å². The van der Waals surface area contributed by atoms with Gasteiger partial charge in [0.25, 0.3) is 6.57 Å². The highest BCUT2D eigenvalue weighted by Gasteiger charge is 2.21. The van der Waals surface area contributed by atoms with E-state index in [1.807, 2.05) is 97.2 Å². The first-order chi connectivity index (χ1) is 18.4. The third kappa shape index (κ3) is 7.20. The fourth-order valence-corrected chi connectivity index (χ4v) is 5.86. The Morgan fingerprint density at radius 3 is 1.71 bits per heavy atom. The predicted octanol–water partition coefficient (Wildman–Crippen LogP) is 9.08. The van der Waals surface area contributed by atoms with Gasteiger partial charge in [-0.1, -0.05) is 126 Å². The highest BCUT2D eigenvalue weighted by Crippen LogP contribution is 2.45. The maximum atomic E-state index is 9.79. The molecule has 0 aromatic heterocycles. The van der Waals surface area contributed by atoms with E-state index in [1.54, 1.807) is 6.20 Å². The van der Waals surface area contributed by atoms with E-state index in [0.717, 1.165) is 22.3 Å². The number of nitrogens with one attached hydrogen (secondary N) is 2. The van der Waals surface area contributed by atoms with Gasteiger partial charge >= 0.3 is 0 Å². The van der Waals surface area contributed by atoms with E-state index in [0.29, 0.717) is 10.6 Å². The molecule has 0 aliphatic carbocycles. The summed E-state index contributed by atoms with van der Waals surface area (Å²) >= 11 is 24.7. The van der Waals surface area contributed by atoms with Crippen LogP contribution in [0.1, 0.15) is 16.7 Å². The van der Waals surface area contributed by atoms with Crippen molar-refractivity contribution in [2.45, 2.75) is 0 Å². The minimum Gasteiger partial charge on any atom is -0.432 e. The molecule has 1 atom stereocenters. The van der Waals surface area contributed by atoms with Gasteiger partial charge in [-0.05, 0) is 34.6 Å².